The predicted molar refractivity (Wildman–Crippen MR) is 48.6 cm³/mol. The summed E-state index contributed by atoms with van der Waals surface area (Å²) in [6, 6.07) is 5.04. The highest BCUT2D eigenvalue weighted by atomic mass is 16.6. The lowest BCUT2D eigenvalue weighted by atomic mass is 10.3. The number of ether oxygens (including phenoxy) is 1. The van der Waals surface area contributed by atoms with Crippen molar-refractivity contribution >= 4 is 5.97 Å². The van der Waals surface area contributed by atoms with E-state index in [0.717, 1.165) is 0 Å². The summed E-state index contributed by atoms with van der Waals surface area (Å²) in [5.74, 6) is 0.122. The van der Waals surface area contributed by atoms with Gasteiger partial charge >= 0.3 is 5.97 Å². The average molecular weight is 193 g/mol. The van der Waals surface area contributed by atoms with Gasteiger partial charge in [0.15, 0.2) is 0 Å². The van der Waals surface area contributed by atoms with Crippen LogP contribution in [0.5, 0.6) is 0 Å². The van der Waals surface area contributed by atoms with Gasteiger partial charge < -0.3 is 9.15 Å². The van der Waals surface area contributed by atoms with Crippen LogP contribution < -0.4 is 0 Å². The quantitative estimate of drug-likeness (QED) is 0.688. The Hall–Kier alpha value is -1.76. The molecule has 4 nitrogen and oxygen atoms in total. The fraction of sp³-hybridized carbons (Fsp3) is 0.400. The van der Waals surface area contributed by atoms with E-state index in [4.69, 9.17) is 14.4 Å². The minimum absolute atomic E-state index is 0.143. The zero-order valence-electron chi connectivity index (χ0n) is 8.11. The fourth-order valence-electron chi connectivity index (χ4n) is 0.933. The SMILES string of the molecule is CC(C)OC(=O)c1ccc(CC#N)o1. The third-order valence-corrected chi connectivity index (χ3v) is 1.46. The minimum atomic E-state index is -0.496. The number of carbonyl (C=O) groups excluding carboxylic acids is 1. The van der Waals surface area contributed by atoms with E-state index < -0.39 is 5.97 Å². The molecule has 4 heteroatoms. The van der Waals surface area contributed by atoms with Crippen LogP contribution in [0.1, 0.15) is 30.2 Å². The van der Waals surface area contributed by atoms with Gasteiger partial charge in [0.2, 0.25) is 5.76 Å². The van der Waals surface area contributed by atoms with Crippen molar-refractivity contribution in [3.63, 3.8) is 0 Å². The molecular formula is C10H11NO3. The normalized spacial score (nSPS) is 9.86. The van der Waals surface area contributed by atoms with Crippen molar-refractivity contribution in [1.82, 2.24) is 0 Å². The number of esters is 1. The molecule has 0 saturated carbocycles. The molecule has 0 amide bonds. The molecular weight excluding hydrogens is 182 g/mol. The highest BCUT2D eigenvalue weighted by molar-refractivity contribution is 5.86. The van der Waals surface area contributed by atoms with E-state index in [1.165, 1.54) is 6.07 Å². The molecule has 0 aliphatic carbocycles. The zero-order chi connectivity index (χ0) is 10.6. The molecule has 0 bridgehead atoms. The largest absolute Gasteiger partial charge is 0.457 e. The van der Waals surface area contributed by atoms with Crippen LogP contribution >= 0.6 is 0 Å². The van der Waals surface area contributed by atoms with Gasteiger partial charge in [-0.05, 0) is 26.0 Å². The molecule has 0 aromatic carbocycles. The van der Waals surface area contributed by atoms with Gasteiger partial charge in [0.1, 0.15) is 5.76 Å². The van der Waals surface area contributed by atoms with Crippen molar-refractivity contribution < 1.29 is 13.9 Å². The first-order valence-electron chi connectivity index (χ1n) is 4.30. The van der Waals surface area contributed by atoms with E-state index in [1.807, 2.05) is 6.07 Å². The van der Waals surface area contributed by atoms with Crippen molar-refractivity contribution in [3.05, 3.63) is 23.7 Å². The van der Waals surface area contributed by atoms with Crippen molar-refractivity contribution in [3.8, 4) is 6.07 Å². The van der Waals surface area contributed by atoms with Gasteiger partial charge in [0, 0.05) is 0 Å². The third kappa shape index (κ3) is 2.63. The Morgan fingerprint density at radius 2 is 2.36 bits per heavy atom. The Kier molecular flexibility index (Phi) is 3.29. The lowest BCUT2D eigenvalue weighted by molar-refractivity contribution is 0.0340. The maximum Gasteiger partial charge on any atom is 0.374 e. The van der Waals surface area contributed by atoms with Crippen LogP contribution in [0.15, 0.2) is 16.5 Å². The maximum atomic E-state index is 11.3. The molecule has 0 saturated heterocycles. The van der Waals surface area contributed by atoms with Gasteiger partial charge in [-0.2, -0.15) is 5.26 Å². The van der Waals surface area contributed by atoms with Crippen molar-refractivity contribution in [1.29, 1.82) is 5.26 Å². The Morgan fingerprint density at radius 1 is 1.64 bits per heavy atom. The molecule has 14 heavy (non-hydrogen) atoms. The zero-order valence-corrected chi connectivity index (χ0v) is 8.11. The van der Waals surface area contributed by atoms with Gasteiger partial charge in [-0.25, -0.2) is 4.79 Å². The molecule has 0 N–H and O–H groups in total. The summed E-state index contributed by atoms with van der Waals surface area (Å²) in [7, 11) is 0. The summed E-state index contributed by atoms with van der Waals surface area (Å²) < 4.78 is 10.0. The van der Waals surface area contributed by atoms with Crippen molar-refractivity contribution in [2.45, 2.75) is 26.4 Å². The summed E-state index contributed by atoms with van der Waals surface area (Å²) in [5, 5.41) is 8.39. The fourth-order valence-corrected chi connectivity index (χ4v) is 0.933. The number of hydrogen-bond donors (Lipinski definition) is 0. The summed E-state index contributed by atoms with van der Waals surface area (Å²) >= 11 is 0. The number of rotatable bonds is 3. The van der Waals surface area contributed by atoms with Crippen LogP contribution in [0.4, 0.5) is 0 Å². The van der Waals surface area contributed by atoms with Crippen LogP contribution in [0, 0.1) is 11.3 Å². The monoisotopic (exact) mass is 193 g/mol. The molecule has 1 aromatic rings. The van der Waals surface area contributed by atoms with E-state index in [1.54, 1.807) is 19.9 Å². The lowest BCUT2D eigenvalue weighted by Crippen LogP contribution is -2.10. The summed E-state index contributed by atoms with van der Waals surface area (Å²) in [4.78, 5) is 11.3. The molecule has 0 aliphatic heterocycles. The first kappa shape index (κ1) is 10.3. The van der Waals surface area contributed by atoms with Gasteiger partial charge in [0.25, 0.3) is 0 Å². The van der Waals surface area contributed by atoms with E-state index in [0.29, 0.717) is 5.76 Å². The van der Waals surface area contributed by atoms with Gasteiger partial charge in [-0.1, -0.05) is 0 Å². The minimum Gasteiger partial charge on any atom is -0.457 e. The third-order valence-electron chi connectivity index (χ3n) is 1.46. The first-order chi connectivity index (χ1) is 6.63. The standard InChI is InChI=1S/C10H11NO3/c1-7(2)13-10(12)9-4-3-8(14-9)5-6-11/h3-4,7H,5H2,1-2H3. The molecule has 0 radical (unpaired) electrons. The van der Waals surface area contributed by atoms with E-state index in [9.17, 15) is 4.79 Å². The van der Waals surface area contributed by atoms with Crippen LogP contribution in [-0.4, -0.2) is 12.1 Å². The van der Waals surface area contributed by atoms with E-state index >= 15 is 0 Å². The van der Waals surface area contributed by atoms with Crippen molar-refractivity contribution in [2.75, 3.05) is 0 Å². The molecule has 1 aromatic heterocycles. The topological polar surface area (TPSA) is 63.2 Å². The lowest BCUT2D eigenvalue weighted by Gasteiger charge is -2.04. The van der Waals surface area contributed by atoms with E-state index in [2.05, 4.69) is 0 Å². The number of carbonyl (C=O) groups is 1. The maximum absolute atomic E-state index is 11.3. The van der Waals surface area contributed by atoms with Gasteiger partial charge in [-0.3, -0.25) is 0 Å². The molecule has 0 atom stereocenters. The Morgan fingerprint density at radius 3 is 2.93 bits per heavy atom. The molecule has 0 fully saturated rings. The van der Waals surface area contributed by atoms with Gasteiger partial charge in [0.05, 0.1) is 18.6 Å². The molecule has 0 unspecified atom stereocenters. The highest BCUT2D eigenvalue weighted by Gasteiger charge is 2.13. The van der Waals surface area contributed by atoms with Gasteiger partial charge in [-0.15, -0.1) is 0 Å². The molecule has 0 aliphatic rings. The highest BCUT2D eigenvalue weighted by Crippen LogP contribution is 2.10. The first-order valence-corrected chi connectivity index (χ1v) is 4.30. The number of nitriles is 1. The number of furan rings is 1. The second-order valence-electron chi connectivity index (χ2n) is 3.05. The van der Waals surface area contributed by atoms with E-state index in [-0.39, 0.29) is 18.3 Å². The second-order valence-corrected chi connectivity index (χ2v) is 3.05. The Balaban J connectivity index is 2.67. The Labute approximate surface area is 82.1 Å². The van der Waals surface area contributed by atoms with Crippen LogP contribution in [0.3, 0.4) is 0 Å². The molecule has 1 rings (SSSR count). The Bertz CT molecular complexity index is 360. The average Bonchev–Trinajstić information content (AvgIpc) is 2.52. The second kappa shape index (κ2) is 4.47. The smallest absolute Gasteiger partial charge is 0.374 e. The van der Waals surface area contributed by atoms with Crippen molar-refractivity contribution in [2.24, 2.45) is 0 Å². The number of nitrogens with zero attached hydrogens (tertiary/aromatic N) is 1. The summed E-state index contributed by atoms with van der Waals surface area (Å²) in [6.45, 7) is 3.52. The molecule has 1 heterocycles. The van der Waals surface area contributed by atoms with Crippen LogP contribution in [0.25, 0.3) is 0 Å². The molecule has 74 valence electrons. The summed E-state index contributed by atoms with van der Waals surface area (Å²) in [5.41, 5.74) is 0. The number of hydrogen-bond acceptors (Lipinski definition) is 4. The van der Waals surface area contributed by atoms with Crippen LogP contribution in [0.2, 0.25) is 0 Å². The summed E-state index contributed by atoms with van der Waals surface area (Å²) in [6.07, 6.45) is -0.0124. The molecule has 0 spiro atoms. The van der Waals surface area contributed by atoms with Crippen LogP contribution in [-0.2, 0) is 11.2 Å². The predicted octanol–water partition coefficient (Wildman–Crippen LogP) is 1.91.